The van der Waals surface area contributed by atoms with Gasteiger partial charge >= 0.3 is 5.97 Å². The number of hydrogen-bond donors (Lipinski definition) is 0. The van der Waals surface area contributed by atoms with Crippen LogP contribution in [0.5, 0.6) is 0 Å². The smallest absolute Gasteiger partial charge is 0.309 e. The highest BCUT2D eigenvalue weighted by molar-refractivity contribution is 5.72. The molecule has 13 heavy (non-hydrogen) atoms. The molecule has 1 aliphatic rings. The van der Waals surface area contributed by atoms with Crippen LogP contribution in [-0.4, -0.2) is 12.6 Å². The Kier molecular flexibility index (Phi) is 4.00. The maximum atomic E-state index is 11.2. The molecule has 0 amide bonds. The second kappa shape index (κ2) is 5.05. The van der Waals surface area contributed by atoms with E-state index in [1.165, 1.54) is 12.0 Å². The average Bonchev–Trinajstić information content (AvgIpc) is 2.53. The van der Waals surface area contributed by atoms with Gasteiger partial charge in [0, 0.05) is 0 Å². The molecule has 0 fully saturated rings. The molecule has 0 aromatic rings. The van der Waals surface area contributed by atoms with Gasteiger partial charge in [0.1, 0.15) is 0 Å². The van der Waals surface area contributed by atoms with Crippen molar-refractivity contribution in [2.24, 2.45) is 5.92 Å². The summed E-state index contributed by atoms with van der Waals surface area (Å²) < 4.78 is 5.09. The fourth-order valence-corrected chi connectivity index (χ4v) is 1.39. The van der Waals surface area contributed by atoms with E-state index in [0.717, 1.165) is 12.8 Å². The fourth-order valence-electron chi connectivity index (χ4n) is 1.39. The highest BCUT2D eigenvalue weighted by atomic mass is 16.5. The first-order valence-corrected chi connectivity index (χ1v) is 5.02. The van der Waals surface area contributed by atoms with Gasteiger partial charge in [-0.1, -0.05) is 25.5 Å². The Morgan fingerprint density at radius 1 is 1.62 bits per heavy atom. The minimum atomic E-state index is -0.0677. The van der Waals surface area contributed by atoms with E-state index in [1.54, 1.807) is 0 Å². The first-order chi connectivity index (χ1) is 6.18. The van der Waals surface area contributed by atoms with E-state index in [2.05, 4.69) is 6.08 Å². The molecule has 74 valence electrons. The number of carbonyl (C=O) groups is 1. The maximum Gasteiger partial charge on any atom is 0.309 e. The zero-order chi connectivity index (χ0) is 9.68. The fraction of sp³-hybridized carbons (Fsp3) is 0.727. The Morgan fingerprint density at radius 3 is 2.92 bits per heavy atom. The predicted molar refractivity (Wildman–Crippen MR) is 52.3 cm³/mol. The van der Waals surface area contributed by atoms with Crippen LogP contribution < -0.4 is 0 Å². The molecule has 0 spiro atoms. The van der Waals surface area contributed by atoms with Crippen molar-refractivity contribution in [1.82, 2.24) is 0 Å². The zero-order valence-electron chi connectivity index (χ0n) is 8.51. The van der Waals surface area contributed by atoms with Crippen LogP contribution in [0.25, 0.3) is 0 Å². The molecule has 0 heterocycles. The second-order valence-electron chi connectivity index (χ2n) is 4.01. The van der Waals surface area contributed by atoms with Crippen molar-refractivity contribution in [3.63, 3.8) is 0 Å². The van der Waals surface area contributed by atoms with Crippen molar-refractivity contribution in [2.45, 2.75) is 39.5 Å². The third-order valence-corrected chi connectivity index (χ3v) is 2.08. The Balaban J connectivity index is 2.17. The molecule has 1 aliphatic carbocycles. The number of allylic oxidation sites excluding steroid dienone is 1. The topological polar surface area (TPSA) is 26.3 Å². The molecular formula is C11H18O2. The Bertz CT molecular complexity index is 204. The van der Waals surface area contributed by atoms with Gasteiger partial charge in [-0.25, -0.2) is 0 Å². The van der Waals surface area contributed by atoms with Gasteiger partial charge in [-0.2, -0.15) is 0 Å². The van der Waals surface area contributed by atoms with Crippen molar-refractivity contribution in [3.05, 3.63) is 11.6 Å². The largest absolute Gasteiger partial charge is 0.465 e. The molecule has 1 rings (SSSR count). The standard InChI is InChI=1S/C11H18O2/c1-9(2)8-13-11(12)7-10-5-3-4-6-10/h5,9H,3-4,6-8H2,1-2H3. The molecule has 2 nitrogen and oxygen atoms in total. The molecule has 0 saturated carbocycles. The zero-order valence-corrected chi connectivity index (χ0v) is 8.51. The van der Waals surface area contributed by atoms with Gasteiger partial charge in [0.15, 0.2) is 0 Å². The predicted octanol–water partition coefficient (Wildman–Crippen LogP) is 2.69. The molecule has 0 N–H and O–H groups in total. The van der Waals surface area contributed by atoms with Crippen LogP contribution >= 0.6 is 0 Å². The lowest BCUT2D eigenvalue weighted by Crippen LogP contribution is -2.10. The van der Waals surface area contributed by atoms with Gasteiger partial charge in [-0.05, 0) is 25.2 Å². The number of carbonyl (C=O) groups excluding carboxylic acids is 1. The molecule has 2 heteroatoms. The summed E-state index contributed by atoms with van der Waals surface area (Å²) in [5.74, 6) is 0.364. The van der Waals surface area contributed by atoms with Gasteiger partial charge in [0.2, 0.25) is 0 Å². The summed E-state index contributed by atoms with van der Waals surface area (Å²) in [4.78, 5) is 11.2. The Labute approximate surface area is 80.0 Å². The molecular weight excluding hydrogens is 164 g/mol. The molecule has 0 aliphatic heterocycles. The van der Waals surface area contributed by atoms with Gasteiger partial charge in [0.05, 0.1) is 13.0 Å². The lowest BCUT2D eigenvalue weighted by molar-refractivity contribution is -0.143. The Hall–Kier alpha value is -0.790. The van der Waals surface area contributed by atoms with E-state index < -0.39 is 0 Å². The number of rotatable bonds is 4. The van der Waals surface area contributed by atoms with E-state index >= 15 is 0 Å². The number of ether oxygens (including phenoxy) is 1. The highest BCUT2D eigenvalue weighted by Crippen LogP contribution is 2.20. The molecule has 0 radical (unpaired) electrons. The van der Waals surface area contributed by atoms with Crippen LogP contribution in [0.3, 0.4) is 0 Å². The second-order valence-corrected chi connectivity index (χ2v) is 4.01. The van der Waals surface area contributed by atoms with E-state index in [-0.39, 0.29) is 5.97 Å². The summed E-state index contributed by atoms with van der Waals surface area (Å²) in [7, 11) is 0. The molecule has 0 aromatic heterocycles. The van der Waals surface area contributed by atoms with E-state index in [1.807, 2.05) is 13.8 Å². The average molecular weight is 182 g/mol. The summed E-state index contributed by atoms with van der Waals surface area (Å²) in [6, 6.07) is 0. The van der Waals surface area contributed by atoms with Crippen LogP contribution in [-0.2, 0) is 9.53 Å². The lowest BCUT2D eigenvalue weighted by atomic mass is 10.2. The van der Waals surface area contributed by atoms with Crippen LogP contribution in [0.15, 0.2) is 11.6 Å². The minimum absolute atomic E-state index is 0.0677. The van der Waals surface area contributed by atoms with Crippen molar-refractivity contribution < 1.29 is 9.53 Å². The van der Waals surface area contributed by atoms with Gasteiger partial charge in [-0.15, -0.1) is 0 Å². The maximum absolute atomic E-state index is 11.2. The van der Waals surface area contributed by atoms with Crippen LogP contribution in [0.2, 0.25) is 0 Å². The highest BCUT2D eigenvalue weighted by Gasteiger charge is 2.10. The quantitative estimate of drug-likeness (QED) is 0.493. The van der Waals surface area contributed by atoms with Gasteiger partial charge < -0.3 is 4.74 Å². The minimum Gasteiger partial charge on any atom is -0.465 e. The lowest BCUT2D eigenvalue weighted by Gasteiger charge is -2.07. The molecule has 0 atom stereocenters. The molecule has 0 aromatic carbocycles. The molecule has 0 bridgehead atoms. The number of esters is 1. The van der Waals surface area contributed by atoms with Crippen molar-refractivity contribution in [1.29, 1.82) is 0 Å². The molecule has 0 saturated heterocycles. The van der Waals surface area contributed by atoms with Crippen LogP contribution in [0, 0.1) is 5.92 Å². The van der Waals surface area contributed by atoms with Gasteiger partial charge in [0.25, 0.3) is 0 Å². The van der Waals surface area contributed by atoms with Crippen LogP contribution in [0.4, 0.5) is 0 Å². The van der Waals surface area contributed by atoms with E-state index in [4.69, 9.17) is 4.74 Å². The third-order valence-electron chi connectivity index (χ3n) is 2.08. The van der Waals surface area contributed by atoms with E-state index in [9.17, 15) is 4.79 Å². The monoisotopic (exact) mass is 182 g/mol. The molecule has 0 unspecified atom stereocenters. The first-order valence-electron chi connectivity index (χ1n) is 5.02. The summed E-state index contributed by atoms with van der Waals surface area (Å²) in [6.07, 6.45) is 6.08. The number of hydrogen-bond acceptors (Lipinski definition) is 2. The summed E-state index contributed by atoms with van der Waals surface area (Å²) in [6.45, 7) is 4.64. The SMILES string of the molecule is CC(C)COC(=O)CC1=CCCC1. The summed E-state index contributed by atoms with van der Waals surface area (Å²) in [5.41, 5.74) is 1.26. The van der Waals surface area contributed by atoms with Gasteiger partial charge in [-0.3, -0.25) is 4.79 Å². The van der Waals surface area contributed by atoms with Crippen molar-refractivity contribution in [2.75, 3.05) is 6.61 Å². The summed E-state index contributed by atoms with van der Waals surface area (Å²) in [5, 5.41) is 0. The Morgan fingerprint density at radius 2 is 2.38 bits per heavy atom. The summed E-state index contributed by atoms with van der Waals surface area (Å²) >= 11 is 0. The third kappa shape index (κ3) is 4.11. The van der Waals surface area contributed by atoms with E-state index in [0.29, 0.717) is 18.9 Å². The first kappa shape index (κ1) is 10.3. The van der Waals surface area contributed by atoms with Crippen molar-refractivity contribution >= 4 is 5.97 Å². The van der Waals surface area contributed by atoms with Crippen molar-refractivity contribution in [3.8, 4) is 0 Å². The van der Waals surface area contributed by atoms with Crippen LogP contribution in [0.1, 0.15) is 39.5 Å². The normalized spacial score (nSPS) is 16.1.